The van der Waals surface area contributed by atoms with Gasteiger partial charge in [0.2, 0.25) is 0 Å². The van der Waals surface area contributed by atoms with E-state index in [0.717, 1.165) is 33.7 Å². The molecule has 148 valence electrons. The first-order valence-electron chi connectivity index (χ1n) is 9.22. The number of fused-ring (bicyclic) bond motifs is 1. The van der Waals surface area contributed by atoms with Crippen molar-refractivity contribution >= 4 is 17.6 Å². The number of hydrogen-bond acceptors (Lipinski definition) is 6. The highest BCUT2D eigenvalue weighted by Gasteiger charge is 2.31. The second-order valence-corrected chi connectivity index (χ2v) is 6.98. The third kappa shape index (κ3) is 4.62. The molecule has 0 radical (unpaired) electrons. The molecule has 1 aromatic carbocycles. The molecule has 1 aliphatic rings. The Kier molecular flexibility index (Phi) is 6.88. The number of benzene rings is 1. The molecule has 0 unspecified atom stereocenters. The van der Waals surface area contributed by atoms with Gasteiger partial charge >= 0.3 is 11.9 Å². The summed E-state index contributed by atoms with van der Waals surface area (Å²) in [6.07, 6.45) is 3.54. The van der Waals surface area contributed by atoms with Crippen molar-refractivity contribution in [2.24, 2.45) is 0 Å². The zero-order valence-electron chi connectivity index (χ0n) is 17.0. The lowest BCUT2D eigenvalue weighted by Gasteiger charge is -2.19. The first kappa shape index (κ1) is 20.8. The van der Waals surface area contributed by atoms with Crippen molar-refractivity contribution in [2.75, 3.05) is 19.5 Å². The van der Waals surface area contributed by atoms with E-state index < -0.39 is 0 Å². The summed E-state index contributed by atoms with van der Waals surface area (Å²) in [6, 6.07) is 0. The molecule has 6 nitrogen and oxygen atoms in total. The van der Waals surface area contributed by atoms with E-state index in [0.29, 0.717) is 24.8 Å². The minimum atomic E-state index is -0.307. The monoisotopic (exact) mass is 375 g/mol. The van der Waals surface area contributed by atoms with Crippen molar-refractivity contribution < 1.29 is 23.8 Å². The number of ether oxygens (including phenoxy) is 3. The average molecular weight is 375 g/mol. The number of carbonyl (C=O) groups excluding carboxylic acids is 2. The van der Waals surface area contributed by atoms with Crippen molar-refractivity contribution in [3.05, 3.63) is 33.9 Å². The minimum absolute atomic E-state index is 0.0987. The third-order valence-electron chi connectivity index (χ3n) is 4.67. The normalized spacial score (nSPS) is 13.4. The Morgan fingerprint density at radius 1 is 1.33 bits per heavy atom. The summed E-state index contributed by atoms with van der Waals surface area (Å²) in [6.45, 7) is 7.89. The summed E-state index contributed by atoms with van der Waals surface area (Å²) in [7, 11) is 3.42. The molecule has 0 amide bonds. The van der Waals surface area contributed by atoms with Gasteiger partial charge in [0, 0.05) is 24.6 Å². The fraction of sp³-hybridized carbons (Fsp3) is 0.524. The van der Waals surface area contributed by atoms with Crippen molar-refractivity contribution in [1.29, 1.82) is 0 Å². The van der Waals surface area contributed by atoms with Crippen LogP contribution in [0.25, 0.3) is 0 Å². The molecule has 0 spiro atoms. The van der Waals surface area contributed by atoms with E-state index in [1.165, 1.54) is 0 Å². The highest BCUT2D eigenvalue weighted by Crippen LogP contribution is 2.41. The van der Waals surface area contributed by atoms with Gasteiger partial charge in [-0.2, -0.15) is 0 Å². The molecule has 0 saturated carbocycles. The zero-order valence-corrected chi connectivity index (χ0v) is 17.0. The molecular formula is C21H29NO5. The smallest absolute Gasteiger partial charge is 0.341 e. The van der Waals surface area contributed by atoms with Crippen LogP contribution in [0.1, 0.15) is 60.7 Å². The molecule has 1 aromatic rings. The first-order valence-corrected chi connectivity index (χ1v) is 9.22. The number of methoxy groups -OCH3 is 1. The lowest BCUT2D eigenvalue weighted by atomic mass is 9.93. The number of esters is 2. The van der Waals surface area contributed by atoms with Gasteiger partial charge < -0.3 is 19.5 Å². The molecule has 1 aliphatic heterocycles. The van der Waals surface area contributed by atoms with E-state index in [1.54, 1.807) is 14.2 Å². The van der Waals surface area contributed by atoms with Crippen LogP contribution in [0.15, 0.2) is 11.6 Å². The van der Waals surface area contributed by atoms with Gasteiger partial charge in [0.05, 0.1) is 24.5 Å². The topological polar surface area (TPSA) is 73.9 Å². The molecule has 1 heterocycles. The van der Waals surface area contributed by atoms with Crippen LogP contribution in [0.3, 0.4) is 0 Å². The molecule has 0 aliphatic carbocycles. The Morgan fingerprint density at radius 2 is 2.04 bits per heavy atom. The fourth-order valence-electron chi connectivity index (χ4n) is 3.33. The van der Waals surface area contributed by atoms with Crippen molar-refractivity contribution in [2.45, 2.75) is 59.7 Å². The lowest BCUT2D eigenvalue weighted by Crippen LogP contribution is -2.11. The summed E-state index contributed by atoms with van der Waals surface area (Å²) in [5.74, 6) is 0.264. The Bertz CT molecular complexity index is 765. The molecule has 0 aromatic heterocycles. The quantitative estimate of drug-likeness (QED) is 0.548. The van der Waals surface area contributed by atoms with Crippen LogP contribution in [-0.2, 0) is 27.3 Å². The molecule has 6 heteroatoms. The van der Waals surface area contributed by atoms with E-state index in [2.05, 4.69) is 11.4 Å². The van der Waals surface area contributed by atoms with E-state index in [9.17, 15) is 9.59 Å². The Hall–Kier alpha value is -2.50. The van der Waals surface area contributed by atoms with E-state index in [4.69, 9.17) is 14.2 Å². The van der Waals surface area contributed by atoms with Crippen LogP contribution in [0, 0.1) is 6.92 Å². The van der Waals surface area contributed by atoms with Gasteiger partial charge in [-0.05, 0) is 46.1 Å². The third-order valence-corrected chi connectivity index (χ3v) is 4.67. The van der Waals surface area contributed by atoms with Gasteiger partial charge in [-0.1, -0.05) is 11.6 Å². The maximum atomic E-state index is 12.2. The predicted molar refractivity (Wildman–Crippen MR) is 104 cm³/mol. The molecule has 1 N–H and O–H groups in total. The summed E-state index contributed by atoms with van der Waals surface area (Å²) in [5, 5.41) is 3.14. The summed E-state index contributed by atoms with van der Waals surface area (Å²) in [5.41, 5.74) is 5.15. The van der Waals surface area contributed by atoms with Crippen LogP contribution >= 0.6 is 0 Å². The maximum Gasteiger partial charge on any atom is 0.341 e. The van der Waals surface area contributed by atoms with Crippen molar-refractivity contribution in [3.8, 4) is 5.75 Å². The largest absolute Gasteiger partial charge is 0.496 e. The second kappa shape index (κ2) is 8.93. The molecule has 0 fully saturated rings. The Morgan fingerprint density at radius 3 is 2.63 bits per heavy atom. The molecule has 0 bridgehead atoms. The molecule has 0 saturated heterocycles. The minimum Gasteiger partial charge on any atom is -0.496 e. The van der Waals surface area contributed by atoms with Gasteiger partial charge in [0.1, 0.15) is 12.4 Å². The number of anilines is 1. The van der Waals surface area contributed by atoms with Gasteiger partial charge in [-0.25, -0.2) is 4.79 Å². The first-order chi connectivity index (χ1) is 12.8. The number of rotatable bonds is 8. The van der Waals surface area contributed by atoms with Crippen LogP contribution in [0.4, 0.5) is 5.69 Å². The Labute approximate surface area is 160 Å². The second-order valence-electron chi connectivity index (χ2n) is 6.98. The van der Waals surface area contributed by atoms with Crippen LogP contribution < -0.4 is 10.1 Å². The molecule has 0 atom stereocenters. The number of nitrogens with one attached hydrogen (secondary N) is 1. The van der Waals surface area contributed by atoms with Gasteiger partial charge in [-0.3, -0.25) is 4.79 Å². The van der Waals surface area contributed by atoms with E-state index in [-0.39, 0.29) is 24.6 Å². The highest BCUT2D eigenvalue weighted by atomic mass is 16.5. The van der Waals surface area contributed by atoms with Gasteiger partial charge in [0.15, 0.2) is 0 Å². The van der Waals surface area contributed by atoms with Crippen molar-refractivity contribution in [1.82, 2.24) is 0 Å². The standard InChI is InChI=1S/C21H29NO5/c1-12(2)27-17(23)10-8-13(3)7-9-15-19(22-5)18-16(11-26-21(18)24)14(4)20(15)25-6/h7,12,22H,8-11H2,1-6H3. The van der Waals surface area contributed by atoms with Gasteiger partial charge in [0.25, 0.3) is 0 Å². The zero-order chi connectivity index (χ0) is 20.1. The lowest BCUT2D eigenvalue weighted by molar-refractivity contribution is -0.147. The molecule has 27 heavy (non-hydrogen) atoms. The predicted octanol–water partition coefficient (Wildman–Crippen LogP) is 3.94. The van der Waals surface area contributed by atoms with Crippen LogP contribution in [-0.4, -0.2) is 32.2 Å². The number of carbonyl (C=O) groups is 2. The maximum absolute atomic E-state index is 12.2. The average Bonchev–Trinajstić information content (AvgIpc) is 3.00. The Balaban J connectivity index is 2.25. The summed E-state index contributed by atoms with van der Waals surface area (Å²) in [4.78, 5) is 23.9. The van der Waals surface area contributed by atoms with E-state index >= 15 is 0 Å². The fourth-order valence-corrected chi connectivity index (χ4v) is 3.33. The number of cyclic esters (lactones) is 1. The highest BCUT2D eigenvalue weighted by molar-refractivity contribution is 6.01. The van der Waals surface area contributed by atoms with Crippen molar-refractivity contribution in [3.63, 3.8) is 0 Å². The number of hydrogen-bond donors (Lipinski definition) is 1. The molecular weight excluding hydrogens is 346 g/mol. The van der Waals surface area contributed by atoms with Crippen LogP contribution in [0.2, 0.25) is 0 Å². The van der Waals surface area contributed by atoms with Crippen LogP contribution in [0.5, 0.6) is 5.75 Å². The summed E-state index contributed by atoms with van der Waals surface area (Å²) >= 11 is 0. The number of allylic oxidation sites excluding steroid dienone is 2. The SMILES string of the molecule is CNc1c(CC=C(C)CCC(=O)OC(C)C)c(OC)c(C)c2c1C(=O)OC2. The van der Waals surface area contributed by atoms with Gasteiger partial charge in [-0.15, -0.1) is 0 Å². The molecule has 2 rings (SSSR count). The summed E-state index contributed by atoms with van der Waals surface area (Å²) < 4.78 is 16.0. The van der Waals surface area contributed by atoms with E-state index in [1.807, 2.05) is 27.7 Å².